The summed E-state index contributed by atoms with van der Waals surface area (Å²) < 4.78 is 0. The molecule has 3 heteroatoms. The summed E-state index contributed by atoms with van der Waals surface area (Å²) >= 11 is 0. The van der Waals surface area contributed by atoms with Crippen LogP contribution in [0.15, 0.2) is 0 Å². The fraction of sp³-hybridized carbons (Fsp3) is 0.941. The van der Waals surface area contributed by atoms with Crippen molar-refractivity contribution in [2.75, 3.05) is 13.1 Å². The summed E-state index contributed by atoms with van der Waals surface area (Å²) in [6, 6.07) is 0. The van der Waals surface area contributed by atoms with Crippen LogP contribution < -0.4 is 0 Å². The topological polar surface area (TPSA) is 40.5 Å². The van der Waals surface area contributed by atoms with Gasteiger partial charge in [0, 0.05) is 5.54 Å². The first kappa shape index (κ1) is 15.8. The number of likely N-dealkylation sites (tertiary alicyclic amines) is 1. The predicted octanol–water partition coefficient (Wildman–Crippen LogP) is 4.07. The van der Waals surface area contributed by atoms with E-state index in [4.69, 9.17) is 0 Å². The van der Waals surface area contributed by atoms with Crippen molar-refractivity contribution in [3.8, 4) is 0 Å². The number of carbonyl (C=O) groups is 1. The monoisotopic (exact) mass is 281 g/mol. The number of hydrogen-bond donors (Lipinski definition) is 1. The maximum atomic E-state index is 11.4. The molecule has 0 bridgehead atoms. The number of rotatable bonds is 3. The first-order valence-corrected chi connectivity index (χ1v) is 8.41. The van der Waals surface area contributed by atoms with Crippen LogP contribution in [0.3, 0.4) is 0 Å². The Bertz CT molecular complexity index is 332. The van der Waals surface area contributed by atoms with Gasteiger partial charge < -0.3 is 5.11 Å². The van der Waals surface area contributed by atoms with Gasteiger partial charge in [0.2, 0.25) is 0 Å². The molecule has 2 rings (SSSR count). The summed E-state index contributed by atoms with van der Waals surface area (Å²) in [6.45, 7) is 6.89. The number of carboxylic acids is 1. The fourth-order valence-electron chi connectivity index (χ4n) is 4.15. The second kappa shape index (κ2) is 6.46. The van der Waals surface area contributed by atoms with Crippen LogP contribution in [-0.4, -0.2) is 34.6 Å². The molecule has 0 radical (unpaired) electrons. The SMILES string of the molecule is CC1(C)CCCC(CC(=O)O)(N2CCCCCC2)CC1. The average molecular weight is 281 g/mol. The predicted molar refractivity (Wildman–Crippen MR) is 81.9 cm³/mol. The Kier molecular flexibility index (Phi) is 5.11. The Morgan fingerprint density at radius 3 is 2.20 bits per heavy atom. The highest BCUT2D eigenvalue weighted by Gasteiger charge is 2.41. The molecule has 0 amide bonds. The van der Waals surface area contributed by atoms with Crippen LogP contribution >= 0.6 is 0 Å². The zero-order valence-corrected chi connectivity index (χ0v) is 13.3. The Morgan fingerprint density at radius 2 is 1.60 bits per heavy atom. The molecular weight excluding hydrogens is 250 g/mol. The van der Waals surface area contributed by atoms with E-state index in [-0.39, 0.29) is 5.54 Å². The zero-order chi connectivity index (χ0) is 14.6. The van der Waals surface area contributed by atoms with Crippen LogP contribution in [0.25, 0.3) is 0 Å². The average Bonchev–Trinajstić information content (AvgIpc) is 2.70. The van der Waals surface area contributed by atoms with E-state index >= 15 is 0 Å². The molecule has 1 saturated heterocycles. The van der Waals surface area contributed by atoms with E-state index in [1.54, 1.807) is 0 Å². The molecule has 1 aliphatic carbocycles. The fourth-order valence-corrected chi connectivity index (χ4v) is 4.15. The Balaban J connectivity index is 2.17. The number of nitrogens with zero attached hydrogens (tertiary/aromatic N) is 1. The lowest BCUT2D eigenvalue weighted by molar-refractivity contribution is -0.141. The van der Waals surface area contributed by atoms with Crippen molar-refractivity contribution in [3.05, 3.63) is 0 Å². The lowest BCUT2D eigenvalue weighted by Gasteiger charge is -2.43. The van der Waals surface area contributed by atoms with Crippen molar-refractivity contribution in [3.63, 3.8) is 0 Å². The quantitative estimate of drug-likeness (QED) is 0.793. The van der Waals surface area contributed by atoms with Gasteiger partial charge >= 0.3 is 5.97 Å². The Hall–Kier alpha value is -0.570. The van der Waals surface area contributed by atoms with E-state index in [1.807, 2.05) is 0 Å². The van der Waals surface area contributed by atoms with E-state index in [0.717, 1.165) is 32.4 Å². The molecule has 3 nitrogen and oxygen atoms in total. The first-order valence-electron chi connectivity index (χ1n) is 8.41. The van der Waals surface area contributed by atoms with E-state index < -0.39 is 5.97 Å². The summed E-state index contributed by atoms with van der Waals surface area (Å²) in [7, 11) is 0. The van der Waals surface area contributed by atoms with Gasteiger partial charge in [-0.1, -0.05) is 33.1 Å². The van der Waals surface area contributed by atoms with Crippen LogP contribution in [0.2, 0.25) is 0 Å². The van der Waals surface area contributed by atoms with Crippen LogP contribution in [0, 0.1) is 5.41 Å². The van der Waals surface area contributed by atoms with E-state index in [0.29, 0.717) is 11.8 Å². The highest BCUT2D eigenvalue weighted by Crippen LogP contribution is 2.43. The lowest BCUT2D eigenvalue weighted by Crippen LogP contribution is -2.50. The summed E-state index contributed by atoms with van der Waals surface area (Å²) in [5.41, 5.74) is 0.316. The molecule has 1 saturated carbocycles. The Morgan fingerprint density at radius 1 is 0.950 bits per heavy atom. The van der Waals surface area contributed by atoms with Gasteiger partial charge in [0.05, 0.1) is 6.42 Å². The smallest absolute Gasteiger partial charge is 0.305 e. The first-order chi connectivity index (χ1) is 9.44. The van der Waals surface area contributed by atoms with Gasteiger partial charge in [-0.15, -0.1) is 0 Å². The van der Waals surface area contributed by atoms with Crippen molar-refractivity contribution in [2.45, 2.75) is 83.6 Å². The highest BCUT2D eigenvalue weighted by atomic mass is 16.4. The molecule has 1 heterocycles. The van der Waals surface area contributed by atoms with Crippen molar-refractivity contribution in [1.29, 1.82) is 0 Å². The lowest BCUT2D eigenvalue weighted by atomic mass is 9.81. The highest BCUT2D eigenvalue weighted by molar-refractivity contribution is 5.68. The van der Waals surface area contributed by atoms with Gasteiger partial charge in [-0.05, 0) is 57.0 Å². The molecule has 1 atom stereocenters. The molecule has 1 unspecified atom stereocenters. The van der Waals surface area contributed by atoms with Crippen molar-refractivity contribution < 1.29 is 9.90 Å². The third-order valence-electron chi connectivity index (χ3n) is 5.52. The van der Waals surface area contributed by atoms with E-state index in [9.17, 15) is 9.90 Å². The van der Waals surface area contributed by atoms with Crippen molar-refractivity contribution >= 4 is 5.97 Å². The van der Waals surface area contributed by atoms with Gasteiger partial charge in [-0.3, -0.25) is 9.69 Å². The number of hydrogen-bond acceptors (Lipinski definition) is 2. The minimum absolute atomic E-state index is 0.0655. The minimum atomic E-state index is -0.617. The van der Waals surface area contributed by atoms with Gasteiger partial charge in [-0.2, -0.15) is 0 Å². The molecule has 0 aromatic rings. The molecule has 116 valence electrons. The normalized spacial score (nSPS) is 32.3. The van der Waals surface area contributed by atoms with E-state index in [1.165, 1.54) is 38.5 Å². The van der Waals surface area contributed by atoms with Crippen LogP contribution in [0.5, 0.6) is 0 Å². The minimum Gasteiger partial charge on any atom is -0.481 e. The Labute approximate surface area is 123 Å². The molecule has 1 aliphatic heterocycles. The standard InChI is InChI=1S/C17H31NO2/c1-16(2)8-7-9-17(11-10-16,14-15(19)20)18-12-5-3-4-6-13-18/h3-14H2,1-2H3,(H,19,20). The van der Waals surface area contributed by atoms with Crippen LogP contribution in [0.1, 0.15) is 78.1 Å². The largest absolute Gasteiger partial charge is 0.481 e. The molecular formula is C17H31NO2. The molecule has 0 aromatic heterocycles. The molecule has 2 aliphatic rings. The second-order valence-corrected chi connectivity index (χ2v) is 7.71. The van der Waals surface area contributed by atoms with Crippen LogP contribution in [0.4, 0.5) is 0 Å². The van der Waals surface area contributed by atoms with Crippen LogP contribution in [-0.2, 0) is 4.79 Å². The summed E-state index contributed by atoms with van der Waals surface area (Å²) in [4.78, 5) is 14.0. The zero-order valence-electron chi connectivity index (χ0n) is 13.3. The van der Waals surface area contributed by atoms with Gasteiger partial charge in [0.25, 0.3) is 0 Å². The number of aliphatic carboxylic acids is 1. The van der Waals surface area contributed by atoms with Gasteiger partial charge in [0.15, 0.2) is 0 Å². The van der Waals surface area contributed by atoms with Crippen molar-refractivity contribution in [2.24, 2.45) is 5.41 Å². The molecule has 0 spiro atoms. The maximum Gasteiger partial charge on any atom is 0.305 e. The van der Waals surface area contributed by atoms with Crippen molar-refractivity contribution in [1.82, 2.24) is 4.90 Å². The van der Waals surface area contributed by atoms with E-state index in [2.05, 4.69) is 18.7 Å². The summed E-state index contributed by atoms with van der Waals surface area (Å²) in [5.74, 6) is -0.617. The number of carboxylic acid groups (broad SMARTS) is 1. The second-order valence-electron chi connectivity index (χ2n) is 7.71. The molecule has 0 aromatic carbocycles. The van der Waals surface area contributed by atoms with Gasteiger partial charge in [-0.25, -0.2) is 0 Å². The molecule has 1 N–H and O–H groups in total. The third-order valence-corrected chi connectivity index (χ3v) is 5.52. The third kappa shape index (κ3) is 3.97. The summed E-state index contributed by atoms with van der Waals surface area (Å²) in [6.07, 6.45) is 11.2. The molecule has 2 fully saturated rings. The maximum absolute atomic E-state index is 11.4. The van der Waals surface area contributed by atoms with Gasteiger partial charge in [0.1, 0.15) is 0 Å². The molecule has 20 heavy (non-hydrogen) atoms. The summed E-state index contributed by atoms with van der Waals surface area (Å²) in [5, 5.41) is 9.43.